The number of sulfone groups is 2. The van der Waals surface area contributed by atoms with E-state index in [2.05, 4.69) is 6.92 Å². The molecule has 0 amide bonds. The van der Waals surface area contributed by atoms with Crippen LogP contribution in [-0.2, 0) is 32.5 Å². The summed E-state index contributed by atoms with van der Waals surface area (Å²) < 4.78 is 98.9. The molecule has 4 rings (SSSR count). The Balaban J connectivity index is 0.000000259. The molecular weight excluding hydrogens is 633 g/mol. The van der Waals surface area contributed by atoms with Gasteiger partial charge in [0.25, 0.3) is 0 Å². The fraction of sp³-hybridized carbons (Fsp3) is 0.250. The highest BCUT2D eigenvalue weighted by Crippen LogP contribution is 2.34. The molecule has 0 bridgehead atoms. The summed E-state index contributed by atoms with van der Waals surface area (Å²) in [6, 6.07) is 16.8. The Kier molecular flexibility index (Phi) is 13.3. The van der Waals surface area contributed by atoms with Crippen LogP contribution in [0, 0.1) is 17.5 Å². The molecule has 0 radical (unpaired) electrons. The fourth-order valence-corrected chi connectivity index (χ4v) is 4.84. The van der Waals surface area contributed by atoms with E-state index in [1.165, 1.54) is 24.8 Å². The maximum Gasteiger partial charge on any atom is 0.175 e. The van der Waals surface area contributed by atoms with Crippen molar-refractivity contribution in [2.75, 3.05) is 26.7 Å². The molecule has 1 N–H and O–H groups in total. The second kappa shape index (κ2) is 16.2. The highest BCUT2D eigenvalue weighted by atomic mass is 32.2. The van der Waals surface area contributed by atoms with Gasteiger partial charge in [-0.25, -0.2) is 30.0 Å². The van der Waals surface area contributed by atoms with Crippen LogP contribution in [0.2, 0.25) is 0 Å². The van der Waals surface area contributed by atoms with Crippen LogP contribution < -0.4 is 14.2 Å². The van der Waals surface area contributed by atoms with Crippen LogP contribution in [0.4, 0.5) is 13.2 Å². The Morgan fingerprint density at radius 2 is 1.04 bits per heavy atom. The van der Waals surface area contributed by atoms with E-state index in [4.69, 9.17) is 14.2 Å². The summed E-state index contributed by atoms with van der Waals surface area (Å²) in [6.07, 6.45) is 3.75. The highest BCUT2D eigenvalue weighted by molar-refractivity contribution is 7.91. The van der Waals surface area contributed by atoms with Crippen molar-refractivity contribution >= 4 is 19.7 Å². The van der Waals surface area contributed by atoms with Gasteiger partial charge in [-0.2, -0.15) is 0 Å². The largest absolute Gasteiger partial charge is 0.504 e. The van der Waals surface area contributed by atoms with Gasteiger partial charge in [-0.05, 0) is 84.6 Å². The molecule has 45 heavy (non-hydrogen) atoms. The smallest absolute Gasteiger partial charge is 0.175 e. The number of methoxy groups -OCH3 is 2. The van der Waals surface area contributed by atoms with Crippen molar-refractivity contribution in [2.24, 2.45) is 0 Å². The predicted octanol–water partition coefficient (Wildman–Crippen LogP) is 6.92. The van der Waals surface area contributed by atoms with Gasteiger partial charge in [0.15, 0.2) is 65.9 Å². The Hall–Kier alpha value is -4.23. The second-order valence-electron chi connectivity index (χ2n) is 9.51. The maximum atomic E-state index is 14.0. The normalized spacial score (nSPS) is 11.0. The number of aromatic hydroxyl groups is 1. The molecule has 0 atom stereocenters. The Labute approximate surface area is 261 Å². The number of benzene rings is 4. The summed E-state index contributed by atoms with van der Waals surface area (Å²) in [7, 11) is -3.85. The van der Waals surface area contributed by atoms with Crippen molar-refractivity contribution in [3.63, 3.8) is 0 Å². The molecule has 0 aromatic heterocycles. The van der Waals surface area contributed by atoms with Crippen LogP contribution in [-0.4, -0.2) is 48.7 Å². The zero-order valence-electron chi connectivity index (χ0n) is 25.6. The minimum Gasteiger partial charge on any atom is -0.504 e. The number of phenolic OH excluding ortho intramolecular Hbond substituents is 1. The summed E-state index contributed by atoms with van der Waals surface area (Å²) in [5, 5.41) is 9.21. The zero-order valence-corrected chi connectivity index (χ0v) is 27.2. The molecule has 4 aromatic carbocycles. The standard InChI is InChI=1S/C16H17FO4S.C9H12O2.C7H6F2O2S/c1-4-11-5-7-15(16(9-11)20-2)21-14-8-6-12(10-13(14)17)22(3,18)19;1-3-7-4-5-8(10)9(6-7)11-2;1-12(10,11)5-2-3-6(8)7(9)4-5/h5-10H,4H2,1-3H3;4-6,10H,3H2,1-2H3;2-4H,1H3. The monoisotopic (exact) mass is 668 g/mol. The van der Waals surface area contributed by atoms with Gasteiger partial charge in [-0.15, -0.1) is 0 Å². The topological polar surface area (TPSA) is 116 Å². The third kappa shape index (κ3) is 11.0. The molecule has 0 heterocycles. The predicted molar refractivity (Wildman–Crippen MR) is 165 cm³/mol. The first-order valence-electron chi connectivity index (χ1n) is 13.4. The van der Waals surface area contributed by atoms with Gasteiger partial charge in [0.2, 0.25) is 0 Å². The molecule has 0 spiro atoms. The van der Waals surface area contributed by atoms with Gasteiger partial charge in [0.1, 0.15) is 0 Å². The van der Waals surface area contributed by atoms with E-state index >= 15 is 0 Å². The lowest BCUT2D eigenvalue weighted by atomic mass is 10.1. The van der Waals surface area contributed by atoms with E-state index in [-0.39, 0.29) is 21.3 Å². The number of rotatable bonds is 8. The van der Waals surface area contributed by atoms with Crippen LogP contribution >= 0.6 is 0 Å². The molecule has 0 fully saturated rings. The molecule has 0 saturated carbocycles. The number of hydrogen-bond donors (Lipinski definition) is 1. The average Bonchev–Trinajstić information content (AvgIpc) is 2.99. The number of aryl methyl sites for hydroxylation is 2. The number of phenols is 1. The van der Waals surface area contributed by atoms with Crippen LogP contribution in [0.1, 0.15) is 25.0 Å². The van der Waals surface area contributed by atoms with Crippen molar-refractivity contribution in [1.82, 2.24) is 0 Å². The lowest BCUT2D eigenvalue weighted by Crippen LogP contribution is -1.99. The second-order valence-corrected chi connectivity index (χ2v) is 13.5. The summed E-state index contributed by atoms with van der Waals surface area (Å²) in [5.41, 5.74) is 2.23. The molecule has 244 valence electrons. The molecular formula is C32H35F3O8S2. The SMILES string of the molecule is CCc1ccc(O)c(OC)c1.CCc1ccc(Oc2ccc(S(C)(=O)=O)cc2F)c(OC)c1.CS(=O)(=O)c1ccc(F)c(F)c1. The van der Waals surface area contributed by atoms with Gasteiger partial charge in [0.05, 0.1) is 24.0 Å². The highest BCUT2D eigenvalue weighted by Gasteiger charge is 2.14. The first-order valence-corrected chi connectivity index (χ1v) is 17.2. The molecule has 0 saturated heterocycles. The van der Waals surface area contributed by atoms with E-state index in [0.717, 1.165) is 49.1 Å². The average molecular weight is 669 g/mol. The lowest BCUT2D eigenvalue weighted by Gasteiger charge is -2.12. The molecule has 0 aliphatic heterocycles. The van der Waals surface area contributed by atoms with E-state index < -0.39 is 37.1 Å². The molecule has 0 aliphatic rings. The third-order valence-electron chi connectivity index (χ3n) is 6.16. The van der Waals surface area contributed by atoms with E-state index in [0.29, 0.717) is 23.3 Å². The van der Waals surface area contributed by atoms with Gasteiger partial charge in [0, 0.05) is 12.5 Å². The van der Waals surface area contributed by atoms with E-state index in [9.17, 15) is 35.1 Å². The van der Waals surface area contributed by atoms with Crippen molar-refractivity contribution < 1.29 is 49.3 Å². The van der Waals surface area contributed by atoms with Gasteiger partial charge in [-0.1, -0.05) is 26.0 Å². The Bertz CT molecular complexity index is 1830. The number of halogens is 3. The fourth-order valence-electron chi connectivity index (χ4n) is 3.58. The molecule has 0 unspecified atom stereocenters. The Morgan fingerprint density at radius 3 is 1.51 bits per heavy atom. The summed E-state index contributed by atoms with van der Waals surface area (Å²) in [6.45, 7) is 4.07. The van der Waals surface area contributed by atoms with Gasteiger partial charge < -0.3 is 19.3 Å². The Morgan fingerprint density at radius 1 is 0.578 bits per heavy atom. The minimum absolute atomic E-state index is 0.0602. The summed E-state index contributed by atoms with van der Waals surface area (Å²) in [5.74, 6) is -1.41. The van der Waals surface area contributed by atoms with Crippen LogP contribution in [0.5, 0.6) is 28.7 Å². The van der Waals surface area contributed by atoms with Crippen LogP contribution in [0.3, 0.4) is 0 Å². The molecule has 0 aliphatic carbocycles. The van der Waals surface area contributed by atoms with Crippen molar-refractivity contribution in [3.8, 4) is 28.7 Å². The number of ether oxygens (including phenoxy) is 3. The van der Waals surface area contributed by atoms with Crippen molar-refractivity contribution in [3.05, 3.63) is 101 Å². The maximum absolute atomic E-state index is 14.0. The molecule has 13 heteroatoms. The van der Waals surface area contributed by atoms with Crippen molar-refractivity contribution in [2.45, 2.75) is 36.5 Å². The molecule has 4 aromatic rings. The van der Waals surface area contributed by atoms with Crippen molar-refractivity contribution in [1.29, 1.82) is 0 Å². The first kappa shape index (κ1) is 37.0. The summed E-state index contributed by atoms with van der Waals surface area (Å²) in [4.78, 5) is -0.313. The third-order valence-corrected chi connectivity index (χ3v) is 8.38. The van der Waals surface area contributed by atoms with Gasteiger partial charge >= 0.3 is 0 Å². The zero-order chi connectivity index (χ0) is 33.9. The van der Waals surface area contributed by atoms with E-state index in [1.54, 1.807) is 19.2 Å². The van der Waals surface area contributed by atoms with Crippen LogP contribution in [0.15, 0.2) is 82.6 Å². The lowest BCUT2D eigenvalue weighted by molar-refractivity contribution is 0.370. The van der Waals surface area contributed by atoms with E-state index in [1.807, 2.05) is 31.2 Å². The summed E-state index contributed by atoms with van der Waals surface area (Å²) >= 11 is 0. The van der Waals surface area contributed by atoms with Crippen LogP contribution in [0.25, 0.3) is 0 Å². The first-order chi connectivity index (χ1) is 21.0. The number of hydrogen-bond acceptors (Lipinski definition) is 8. The molecule has 8 nitrogen and oxygen atoms in total. The minimum atomic E-state index is -3.46. The van der Waals surface area contributed by atoms with Gasteiger partial charge in [-0.3, -0.25) is 0 Å². The quantitative estimate of drug-likeness (QED) is 0.201.